The van der Waals surface area contributed by atoms with Gasteiger partial charge in [-0.1, -0.05) is 29.8 Å². The molecule has 1 heterocycles. The first kappa shape index (κ1) is 17.0. The highest BCUT2D eigenvalue weighted by Crippen LogP contribution is 2.19. The molecule has 0 aliphatic carbocycles. The molecule has 1 aromatic carbocycles. The molecule has 1 aliphatic rings. The predicted octanol–water partition coefficient (Wildman–Crippen LogP) is 1.67. The van der Waals surface area contributed by atoms with Gasteiger partial charge in [0, 0.05) is 19.6 Å². The Labute approximate surface area is 132 Å². The van der Waals surface area contributed by atoms with E-state index in [0.29, 0.717) is 19.6 Å². The molecule has 0 bridgehead atoms. The highest BCUT2D eigenvalue weighted by atomic mass is 32.2. The summed E-state index contributed by atoms with van der Waals surface area (Å²) in [7, 11) is -3.21. The normalized spacial score (nSPS) is 19.8. The standard InChI is InChI=1S/C16H24N2O3S/c1-3-22(20,21)18-10-4-5-15(12-18)16(19)17-11-14-8-6-13(2)7-9-14/h6-9,15H,3-5,10-12H2,1-2H3,(H,17,19)/t15-/m0/s1. The largest absolute Gasteiger partial charge is 0.352 e. The number of nitrogens with one attached hydrogen (secondary N) is 1. The first-order chi connectivity index (χ1) is 10.4. The molecule has 22 heavy (non-hydrogen) atoms. The number of hydrogen-bond donors (Lipinski definition) is 1. The number of carbonyl (C=O) groups is 1. The molecular weight excluding hydrogens is 300 g/mol. The molecule has 1 aliphatic heterocycles. The van der Waals surface area contributed by atoms with Crippen molar-refractivity contribution >= 4 is 15.9 Å². The van der Waals surface area contributed by atoms with Gasteiger partial charge in [0.25, 0.3) is 0 Å². The van der Waals surface area contributed by atoms with Crippen LogP contribution in [0.4, 0.5) is 0 Å². The fraction of sp³-hybridized carbons (Fsp3) is 0.562. The number of hydrogen-bond acceptors (Lipinski definition) is 3. The lowest BCUT2D eigenvalue weighted by atomic mass is 9.98. The number of rotatable bonds is 5. The summed E-state index contributed by atoms with van der Waals surface area (Å²) in [6.45, 7) is 4.97. The van der Waals surface area contributed by atoms with Crippen LogP contribution < -0.4 is 5.32 Å². The Bertz CT molecular complexity index is 611. The van der Waals surface area contributed by atoms with E-state index in [1.807, 2.05) is 31.2 Å². The van der Waals surface area contributed by atoms with Crippen LogP contribution in [0.1, 0.15) is 30.9 Å². The van der Waals surface area contributed by atoms with Gasteiger partial charge in [-0.2, -0.15) is 0 Å². The summed E-state index contributed by atoms with van der Waals surface area (Å²) >= 11 is 0. The average Bonchev–Trinajstić information content (AvgIpc) is 2.54. The molecule has 5 nitrogen and oxygen atoms in total. The minimum absolute atomic E-state index is 0.0587. The maximum Gasteiger partial charge on any atom is 0.224 e. The van der Waals surface area contributed by atoms with Crippen molar-refractivity contribution in [2.75, 3.05) is 18.8 Å². The van der Waals surface area contributed by atoms with E-state index >= 15 is 0 Å². The number of aryl methyl sites for hydroxylation is 1. The summed E-state index contributed by atoms with van der Waals surface area (Å²) < 4.78 is 25.3. The van der Waals surface area contributed by atoms with Crippen LogP contribution in [0.3, 0.4) is 0 Å². The molecule has 0 radical (unpaired) electrons. The molecule has 122 valence electrons. The van der Waals surface area contributed by atoms with Crippen molar-refractivity contribution in [3.63, 3.8) is 0 Å². The fourth-order valence-electron chi connectivity index (χ4n) is 2.63. The average molecular weight is 324 g/mol. The molecule has 1 saturated heterocycles. The Morgan fingerprint density at radius 1 is 1.32 bits per heavy atom. The van der Waals surface area contributed by atoms with Crippen molar-refractivity contribution in [1.82, 2.24) is 9.62 Å². The van der Waals surface area contributed by atoms with Gasteiger partial charge in [-0.25, -0.2) is 12.7 Å². The highest BCUT2D eigenvalue weighted by Gasteiger charge is 2.31. The lowest BCUT2D eigenvalue weighted by Crippen LogP contribution is -2.45. The summed E-state index contributed by atoms with van der Waals surface area (Å²) in [5.74, 6) is -0.220. The third kappa shape index (κ3) is 4.30. The van der Waals surface area contributed by atoms with Crippen LogP contribution in [0.15, 0.2) is 24.3 Å². The Balaban J connectivity index is 1.90. The van der Waals surface area contributed by atoms with E-state index in [-0.39, 0.29) is 17.6 Å². The summed E-state index contributed by atoms with van der Waals surface area (Å²) in [5, 5.41) is 2.92. The van der Waals surface area contributed by atoms with Crippen LogP contribution in [0.2, 0.25) is 0 Å². The van der Waals surface area contributed by atoms with Gasteiger partial charge in [0.2, 0.25) is 15.9 Å². The monoisotopic (exact) mass is 324 g/mol. The van der Waals surface area contributed by atoms with Crippen molar-refractivity contribution in [2.24, 2.45) is 5.92 Å². The van der Waals surface area contributed by atoms with Gasteiger partial charge in [-0.3, -0.25) is 4.79 Å². The Morgan fingerprint density at radius 2 is 2.00 bits per heavy atom. The molecule has 1 fully saturated rings. The minimum Gasteiger partial charge on any atom is -0.352 e. The van der Waals surface area contributed by atoms with Crippen molar-refractivity contribution in [3.05, 3.63) is 35.4 Å². The van der Waals surface area contributed by atoms with E-state index in [9.17, 15) is 13.2 Å². The molecule has 1 aromatic rings. The maximum atomic E-state index is 12.3. The summed E-state index contributed by atoms with van der Waals surface area (Å²) in [6.07, 6.45) is 1.48. The van der Waals surface area contributed by atoms with Gasteiger partial charge in [0.05, 0.1) is 11.7 Å². The lowest BCUT2D eigenvalue weighted by Gasteiger charge is -2.30. The molecular formula is C16H24N2O3S. The van der Waals surface area contributed by atoms with Crippen LogP contribution >= 0.6 is 0 Å². The molecule has 0 spiro atoms. The van der Waals surface area contributed by atoms with E-state index < -0.39 is 10.0 Å². The number of nitrogens with zero attached hydrogens (tertiary/aromatic N) is 1. The molecule has 2 rings (SSSR count). The Kier molecular flexibility index (Phi) is 5.58. The van der Waals surface area contributed by atoms with Gasteiger partial charge in [-0.05, 0) is 32.3 Å². The van der Waals surface area contributed by atoms with E-state index in [2.05, 4.69) is 5.32 Å². The van der Waals surface area contributed by atoms with Crippen LogP contribution in [0, 0.1) is 12.8 Å². The zero-order valence-corrected chi connectivity index (χ0v) is 14.0. The van der Waals surface area contributed by atoms with Gasteiger partial charge < -0.3 is 5.32 Å². The zero-order chi connectivity index (χ0) is 16.2. The van der Waals surface area contributed by atoms with E-state index in [0.717, 1.165) is 18.4 Å². The number of piperidine rings is 1. The van der Waals surface area contributed by atoms with Gasteiger partial charge in [-0.15, -0.1) is 0 Å². The van der Waals surface area contributed by atoms with Crippen LogP contribution in [0.5, 0.6) is 0 Å². The van der Waals surface area contributed by atoms with Crippen molar-refractivity contribution in [3.8, 4) is 0 Å². The SMILES string of the molecule is CCS(=O)(=O)N1CCC[C@H](C(=O)NCc2ccc(C)cc2)C1. The number of sulfonamides is 1. The molecule has 1 atom stereocenters. The zero-order valence-electron chi connectivity index (χ0n) is 13.2. The number of benzene rings is 1. The first-order valence-corrected chi connectivity index (χ1v) is 9.34. The molecule has 1 N–H and O–H groups in total. The molecule has 1 amide bonds. The second-order valence-electron chi connectivity index (χ2n) is 5.80. The molecule has 0 aromatic heterocycles. The number of carbonyl (C=O) groups excluding carboxylic acids is 1. The lowest BCUT2D eigenvalue weighted by molar-refractivity contribution is -0.126. The minimum atomic E-state index is -3.21. The quantitative estimate of drug-likeness (QED) is 0.896. The second-order valence-corrected chi connectivity index (χ2v) is 8.06. The highest BCUT2D eigenvalue weighted by molar-refractivity contribution is 7.89. The van der Waals surface area contributed by atoms with Crippen LogP contribution in [-0.2, 0) is 21.4 Å². The smallest absolute Gasteiger partial charge is 0.224 e. The van der Waals surface area contributed by atoms with Gasteiger partial charge in [0.15, 0.2) is 0 Å². The molecule has 0 saturated carbocycles. The third-order valence-corrected chi connectivity index (χ3v) is 5.95. The first-order valence-electron chi connectivity index (χ1n) is 7.73. The summed E-state index contributed by atoms with van der Waals surface area (Å²) in [4.78, 5) is 12.3. The molecule has 6 heteroatoms. The van der Waals surface area contributed by atoms with E-state index in [1.165, 1.54) is 9.87 Å². The van der Waals surface area contributed by atoms with Crippen molar-refractivity contribution < 1.29 is 13.2 Å². The van der Waals surface area contributed by atoms with Gasteiger partial charge >= 0.3 is 0 Å². The van der Waals surface area contributed by atoms with E-state index in [4.69, 9.17) is 0 Å². The fourth-order valence-corrected chi connectivity index (χ4v) is 3.81. The summed E-state index contributed by atoms with van der Waals surface area (Å²) in [5.41, 5.74) is 2.23. The Morgan fingerprint density at radius 3 is 2.64 bits per heavy atom. The van der Waals surface area contributed by atoms with Gasteiger partial charge in [0.1, 0.15) is 0 Å². The summed E-state index contributed by atoms with van der Waals surface area (Å²) in [6, 6.07) is 8.00. The topological polar surface area (TPSA) is 66.5 Å². The van der Waals surface area contributed by atoms with E-state index in [1.54, 1.807) is 6.92 Å². The number of amides is 1. The maximum absolute atomic E-state index is 12.3. The van der Waals surface area contributed by atoms with Crippen LogP contribution in [0.25, 0.3) is 0 Å². The van der Waals surface area contributed by atoms with Crippen LogP contribution in [-0.4, -0.2) is 37.5 Å². The van der Waals surface area contributed by atoms with Crippen molar-refractivity contribution in [1.29, 1.82) is 0 Å². The molecule has 0 unspecified atom stereocenters. The Hall–Kier alpha value is -1.40. The predicted molar refractivity (Wildman–Crippen MR) is 86.8 cm³/mol. The van der Waals surface area contributed by atoms with Crippen molar-refractivity contribution in [2.45, 2.75) is 33.2 Å². The second kappa shape index (κ2) is 7.24. The third-order valence-electron chi connectivity index (χ3n) is 4.10.